The number of hydrogen-bond donors (Lipinski definition) is 0. The molecule has 2 rings (SSSR count). The number of Topliss-reactive ketones (excluding diaryl/α,β-unsaturated/α-hetero) is 2. The van der Waals surface area contributed by atoms with E-state index in [-0.39, 0.29) is 18.5 Å². The van der Waals surface area contributed by atoms with Gasteiger partial charge < -0.3 is 0 Å². The molecule has 116 valence electrons. The maximum atomic E-state index is 12.9. The number of hydrogen-bond acceptors (Lipinski definition) is 4. The molecule has 1 atom stereocenters. The number of halogens is 3. The number of ketones is 2. The van der Waals surface area contributed by atoms with Gasteiger partial charge in [0.05, 0.1) is 0 Å². The van der Waals surface area contributed by atoms with E-state index >= 15 is 0 Å². The first-order valence-corrected chi connectivity index (χ1v) is 7.16. The van der Waals surface area contributed by atoms with Crippen molar-refractivity contribution in [3.05, 3.63) is 35.6 Å². The van der Waals surface area contributed by atoms with Gasteiger partial charge in [0.1, 0.15) is 5.82 Å². The van der Waals surface area contributed by atoms with Crippen molar-refractivity contribution in [2.75, 3.05) is 6.54 Å². The van der Waals surface area contributed by atoms with Crippen LogP contribution in [0.2, 0.25) is 0 Å². The van der Waals surface area contributed by atoms with Gasteiger partial charge in [-0.25, -0.2) is 4.39 Å². The van der Waals surface area contributed by atoms with E-state index in [0.29, 0.717) is 4.90 Å². The van der Waals surface area contributed by atoms with Crippen LogP contribution in [-0.4, -0.2) is 39.7 Å². The van der Waals surface area contributed by atoms with Crippen molar-refractivity contribution in [3.63, 3.8) is 0 Å². The molecule has 0 aromatic heterocycles. The van der Waals surface area contributed by atoms with Gasteiger partial charge in [-0.05, 0) is 24.3 Å². The van der Waals surface area contributed by atoms with Gasteiger partial charge in [-0.3, -0.25) is 24.1 Å². The number of imide groups is 1. The van der Waals surface area contributed by atoms with Crippen molar-refractivity contribution in [3.8, 4) is 0 Å². The van der Waals surface area contributed by atoms with Crippen LogP contribution in [-0.2, 0) is 14.4 Å². The first-order chi connectivity index (χ1) is 10.3. The number of nitrogens with zero attached hydrogens (tertiary/aromatic N) is 1. The second-order valence-electron chi connectivity index (χ2n) is 4.65. The van der Waals surface area contributed by atoms with E-state index < -0.39 is 40.0 Å². The van der Waals surface area contributed by atoms with E-state index in [1.165, 1.54) is 12.1 Å². The van der Waals surface area contributed by atoms with Crippen LogP contribution in [0.1, 0.15) is 16.8 Å². The van der Waals surface area contributed by atoms with E-state index in [9.17, 15) is 23.6 Å². The highest BCUT2D eigenvalue weighted by molar-refractivity contribution is 6.54. The van der Waals surface area contributed by atoms with Gasteiger partial charge in [0.25, 0.3) is 5.91 Å². The summed E-state index contributed by atoms with van der Waals surface area (Å²) in [5.74, 6) is -5.39. The van der Waals surface area contributed by atoms with Crippen LogP contribution in [0, 0.1) is 11.7 Å². The molecule has 0 bridgehead atoms. The predicted molar refractivity (Wildman–Crippen MR) is 76.1 cm³/mol. The van der Waals surface area contributed by atoms with Crippen molar-refractivity contribution < 1.29 is 23.6 Å². The number of likely N-dealkylation sites (tertiary alicyclic amines) is 1. The van der Waals surface area contributed by atoms with Crippen molar-refractivity contribution in [2.24, 2.45) is 5.92 Å². The monoisotopic (exact) mass is 345 g/mol. The van der Waals surface area contributed by atoms with E-state index in [2.05, 4.69) is 0 Å². The van der Waals surface area contributed by atoms with Crippen molar-refractivity contribution >= 4 is 46.6 Å². The SMILES string of the molecule is O=C1CCN(C(=O)C(Cl)Cl)C(=O)C1C(=O)c1ccc(F)cc1. The highest BCUT2D eigenvalue weighted by Crippen LogP contribution is 2.22. The van der Waals surface area contributed by atoms with Gasteiger partial charge in [0.15, 0.2) is 22.3 Å². The summed E-state index contributed by atoms with van der Waals surface area (Å²) < 4.78 is 12.9. The Labute approximate surface area is 135 Å². The van der Waals surface area contributed by atoms with Gasteiger partial charge in [0.2, 0.25) is 5.91 Å². The minimum Gasteiger partial charge on any atom is -0.298 e. The lowest BCUT2D eigenvalue weighted by Gasteiger charge is -2.29. The molecule has 0 aliphatic carbocycles. The zero-order valence-electron chi connectivity index (χ0n) is 11.1. The molecule has 22 heavy (non-hydrogen) atoms. The molecule has 1 aliphatic heterocycles. The molecule has 0 spiro atoms. The molecule has 5 nitrogen and oxygen atoms in total. The molecule has 1 saturated heterocycles. The number of piperidine rings is 1. The van der Waals surface area contributed by atoms with Crippen LogP contribution >= 0.6 is 23.2 Å². The summed E-state index contributed by atoms with van der Waals surface area (Å²) >= 11 is 10.9. The predicted octanol–water partition coefficient (Wildman–Crippen LogP) is 1.76. The standard InChI is InChI=1S/C14H10Cl2FNO4/c15-12(16)14(22)18-6-5-9(19)10(13(18)21)11(20)7-1-3-8(17)4-2-7/h1-4,10,12H,5-6H2. The molecule has 1 unspecified atom stereocenters. The molecular weight excluding hydrogens is 336 g/mol. The smallest absolute Gasteiger partial charge is 0.262 e. The Hall–Kier alpha value is -1.79. The summed E-state index contributed by atoms with van der Waals surface area (Å²) in [5.41, 5.74) is 0.00990. The number of carbonyl (C=O) groups excluding carboxylic acids is 4. The summed E-state index contributed by atoms with van der Waals surface area (Å²) in [4.78, 5) is 47.4. The molecule has 2 amide bonds. The third-order valence-electron chi connectivity index (χ3n) is 3.26. The molecule has 1 heterocycles. The summed E-state index contributed by atoms with van der Waals surface area (Å²) in [6, 6.07) is 4.43. The van der Waals surface area contributed by atoms with E-state index in [1.54, 1.807) is 0 Å². The third-order valence-corrected chi connectivity index (χ3v) is 3.63. The van der Waals surface area contributed by atoms with Gasteiger partial charge in [-0.1, -0.05) is 23.2 Å². The molecule has 0 saturated carbocycles. The summed E-state index contributed by atoms with van der Waals surface area (Å²) in [7, 11) is 0. The highest BCUT2D eigenvalue weighted by Gasteiger charge is 2.43. The van der Waals surface area contributed by atoms with Gasteiger partial charge in [0, 0.05) is 18.5 Å². The molecule has 1 aliphatic rings. The molecule has 0 N–H and O–H groups in total. The van der Waals surface area contributed by atoms with Crippen LogP contribution in [0.4, 0.5) is 4.39 Å². The largest absolute Gasteiger partial charge is 0.298 e. The Balaban J connectivity index is 2.29. The fraction of sp³-hybridized carbons (Fsp3) is 0.286. The Morgan fingerprint density at radius 1 is 1.18 bits per heavy atom. The molecule has 0 radical (unpaired) electrons. The van der Waals surface area contributed by atoms with Crippen molar-refractivity contribution in [2.45, 2.75) is 11.3 Å². The van der Waals surface area contributed by atoms with Crippen LogP contribution in [0.15, 0.2) is 24.3 Å². The highest BCUT2D eigenvalue weighted by atomic mass is 35.5. The number of carbonyl (C=O) groups is 4. The van der Waals surface area contributed by atoms with Crippen LogP contribution in [0.3, 0.4) is 0 Å². The van der Waals surface area contributed by atoms with Crippen LogP contribution in [0.5, 0.6) is 0 Å². The minimum atomic E-state index is -1.63. The van der Waals surface area contributed by atoms with Gasteiger partial charge >= 0.3 is 0 Å². The molecule has 1 aromatic rings. The molecule has 1 fully saturated rings. The quantitative estimate of drug-likeness (QED) is 0.475. The Bertz CT molecular complexity index is 645. The Kier molecular flexibility index (Phi) is 4.93. The lowest BCUT2D eigenvalue weighted by atomic mass is 9.88. The Morgan fingerprint density at radius 3 is 2.32 bits per heavy atom. The normalized spacial score (nSPS) is 18.7. The third kappa shape index (κ3) is 3.18. The van der Waals surface area contributed by atoms with E-state index in [4.69, 9.17) is 23.2 Å². The van der Waals surface area contributed by atoms with Crippen LogP contribution in [0.25, 0.3) is 0 Å². The maximum Gasteiger partial charge on any atom is 0.262 e. The zero-order chi connectivity index (χ0) is 16.4. The summed E-state index contributed by atoms with van der Waals surface area (Å²) in [5, 5.41) is 0. The zero-order valence-corrected chi connectivity index (χ0v) is 12.6. The average molecular weight is 346 g/mol. The lowest BCUT2D eigenvalue weighted by Crippen LogP contribution is -2.52. The topological polar surface area (TPSA) is 71.5 Å². The first-order valence-electron chi connectivity index (χ1n) is 6.28. The average Bonchev–Trinajstić information content (AvgIpc) is 2.47. The summed E-state index contributed by atoms with van der Waals surface area (Å²) in [6.45, 7) is -0.167. The lowest BCUT2D eigenvalue weighted by molar-refractivity contribution is -0.150. The number of rotatable bonds is 3. The van der Waals surface area contributed by atoms with Crippen molar-refractivity contribution in [1.29, 1.82) is 0 Å². The summed E-state index contributed by atoms with van der Waals surface area (Å²) in [6.07, 6.45) is -0.157. The Morgan fingerprint density at radius 2 is 1.77 bits per heavy atom. The second kappa shape index (κ2) is 6.54. The molecule has 1 aromatic carbocycles. The second-order valence-corrected chi connectivity index (χ2v) is 5.75. The van der Waals surface area contributed by atoms with Gasteiger partial charge in [-0.15, -0.1) is 0 Å². The van der Waals surface area contributed by atoms with E-state index in [1.807, 2.05) is 0 Å². The van der Waals surface area contributed by atoms with Crippen LogP contribution < -0.4 is 0 Å². The number of alkyl halides is 2. The fourth-order valence-corrected chi connectivity index (χ4v) is 2.38. The number of amides is 2. The van der Waals surface area contributed by atoms with Gasteiger partial charge in [-0.2, -0.15) is 0 Å². The first kappa shape index (κ1) is 16.6. The van der Waals surface area contributed by atoms with Crippen molar-refractivity contribution in [1.82, 2.24) is 4.90 Å². The number of benzene rings is 1. The molecular formula is C14H10Cl2FNO4. The fourth-order valence-electron chi connectivity index (χ4n) is 2.15. The minimum absolute atomic E-state index is 0.00990. The maximum absolute atomic E-state index is 12.9. The van der Waals surface area contributed by atoms with E-state index in [0.717, 1.165) is 12.1 Å². The molecule has 8 heteroatoms.